The van der Waals surface area contributed by atoms with E-state index < -0.39 is 23.9 Å². The van der Waals surface area contributed by atoms with Gasteiger partial charge in [0.05, 0.1) is 109 Å². The summed E-state index contributed by atoms with van der Waals surface area (Å²) in [6.45, 7) is 3.24. The van der Waals surface area contributed by atoms with Crippen molar-refractivity contribution < 1.29 is 87.0 Å². The number of carbonyl (C=O) groups excluding carboxylic acids is 5. The summed E-state index contributed by atoms with van der Waals surface area (Å²) in [5.74, 6) is 4.28. The maximum absolute atomic E-state index is 12.0. The lowest BCUT2D eigenvalue weighted by atomic mass is 10.0. The molecule has 1 amide bonds. The molecule has 32 nitrogen and oxygen atoms in total. The molecule has 12 aromatic carbocycles. The second kappa shape index (κ2) is 42.3. The van der Waals surface area contributed by atoms with E-state index in [9.17, 15) is 44.4 Å². The van der Waals surface area contributed by atoms with Gasteiger partial charge >= 0.3 is 23.9 Å². The first-order valence-electron chi connectivity index (χ1n) is 40.1. The van der Waals surface area contributed by atoms with Crippen molar-refractivity contribution in [1.82, 2.24) is 59.8 Å². The molecule has 16 aromatic rings. The van der Waals surface area contributed by atoms with Gasteiger partial charge in [-0.3, -0.25) is 4.79 Å². The monoisotopic (exact) mass is 1770 g/mol. The van der Waals surface area contributed by atoms with Crippen LogP contribution in [-0.4, -0.2) is 174 Å². The zero-order valence-electron chi connectivity index (χ0n) is 72.9. The van der Waals surface area contributed by atoms with E-state index in [1.54, 1.807) is 158 Å². The summed E-state index contributed by atoms with van der Waals surface area (Å²) in [7, 11) is 12.8. The number of para-hydroxylation sites is 2. The SMILES string of the molecule is COC(=O)c1ccc(-c2nc(-c3ccc(OC)cc3O)nc(-c3ccccc3NC(C)=O)n2)cc1.COC(=O)c1ccc(-c2nc(-c3ccccc3)nc(-c3ccc(OC)cc3O)n2)cc1C.COC(=O)c1ccc(-c2nc(-c3ccccc3)nc(-c3ccc(OC)cc3O)n2)cc1OC.COC(=O)c1ccc(-c2nc(-c3ccccc3N)nc(-c3ccc(OC)cc3O)n2)cc1. The Morgan fingerprint density at radius 1 is 0.273 bits per heavy atom. The number of carbonyl (C=O) groups is 5. The Hall–Kier alpha value is -18.0. The molecule has 0 fully saturated rings. The Balaban J connectivity index is 0.000000150. The number of nitrogens with one attached hydrogen (secondary N) is 1. The molecule has 0 spiro atoms. The van der Waals surface area contributed by atoms with Crippen molar-refractivity contribution >= 4 is 41.2 Å². The maximum Gasteiger partial charge on any atom is 0.341 e. The molecule has 0 atom stereocenters. The van der Waals surface area contributed by atoms with Gasteiger partial charge in [-0.25, -0.2) is 79.0 Å². The second-order valence-corrected chi connectivity index (χ2v) is 28.4. The highest BCUT2D eigenvalue weighted by Gasteiger charge is 2.25. The lowest BCUT2D eigenvalue weighted by molar-refractivity contribution is -0.114. The van der Waals surface area contributed by atoms with Crippen LogP contribution in [0.1, 0.15) is 53.9 Å². The van der Waals surface area contributed by atoms with E-state index in [4.69, 9.17) is 48.4 Å². The number of aromatic hydroxyl groups is 4. The molecule has 32 heteroatoms. The van der Waals surface area contributed by atoms with Gasteiger partial charge in [0.2, 0.25) is 5.91 Å². The first-order valence-corrected chi connectivity index (χ1v) is 40.1. The standard InChI is InChI=1S/C26H22N4O5.C25H21N3O5.C25H21N3O4.C24H20N4O4/c1-15(31)27-21-7-5-4-6-19(21)24-28-23(16-8-10-17(11-9-16)26(33)35-3)29-25(30-24)20-13-12-18(34-2)14-22(20)32;1-31-17-10-12-18(20(29)14-17)24-27-22(15-7-5-4-6-8-15)26-23(28-24)16-9-11-19(25(30)33-3)21(13-16)32-2;1-15-13-17(9-11-19(15)25(30)32-3)23-26-22(16-7-5-4-6-8-16)27-24(28-23)20-12-10-18(31-2)14-21(20)29;1-31-16-11-12-18(20(29)13-16)23-27-21(14-7-9-15(10-8-14)24(30)32-2)26-22(28-23)17-5-3-4-6-19(17)25/h4-14,32H,1-3H3,(H,27,31);4-14,29H,1-3H3;4-14,29H,1-3H3;3-13,29H,25H2,1-2H3. The number of aryl methyl sites for hydroxylation is 1. The number of esters is 4. The lowest BCUT2D eigenvalue weighted by Crippen LogP contribution is -2.08. The van der Waals surface area contributed by atoms with Crippen LogP contribution in [0.5, 0.6) is 51.7 Å². The highest BCUT2D eigenvalue weighted by molar-refractivity contribution is 5.96. The van der Waals surface area contributed by atoms with Gasteiger partial charge in [-0.2, -0.15) is 0 Å². The molecule has 0 saturated heterocycles. The van der Waals surface area contributed by atoms with Gasteiger partial charge in [0.25, 0.3) is 0 Å². The van der Waals surface area contributed by atoms with Crippen LogP contribution in [0.4, 0.5) is 11.4 Å². The Morgan fingerprint density at radius 2 is 0.561 bits per heavy atom. The van der Waals surface area contributed by atoms with Gasteiger partial charge in [-0.1, -0.05) is 121 Å². The molecule has 4 heterocycles. The van der Waals surface area contributed by atoms with Crippen LogP contribution in [0.15, 0.2) is 267 Å². The molecule has 7 N–H and O–H groups in total. The maximum atomic E-state index is 12.0. The number of anilines is 2. The van der Waals surface area contributed by atoms with Crippen LogP contribution >= 0.6 is 0 Å². The van der Waals surface area contributed by atoms with E-state index >= 15 is 0 Å². The predicted molar refractivity (Wildman–Crippen MR) is 493 cm³/mol. The van der Waals surface area contributed by atoms with Crippen molar-refractivity contribution in [2.75, 3.05) is 75.0 Å². The minimum absolute atomic E-state index is 0.00210. The molecule has 4 aromatic heterocycles. The van der Waals surface area contributed by atoms with Crippen molar-refractivity contribution in [2.45, 2.75) is 13.8 Å². The summed E-state index contributed by atoms with van der Waals surface area (Å²) in [5.41, 5.74) is 16.6. The quantitative estimate of drug-likeness (QED) is 0.0208. The highest BCUT2D eigenvalue weighted by Crippen LogP contribution is 2.40. The number of benzene rings is 12. The third-order valence-electron chi connectivity index (χ3n) is 20.0. The van der Waals surface area contributed by atoms with E-state index in [0.717, 1.165) is 16.7 Å². The minimum Gasteiger partial charge on any atom is -0.507 e. The molecule has 0 aliphatic rings. The van der Waals surface area contributed by atoms with Crippen LogP contribution in [0.25, 0.3) is 137 Å². The fourth-order valence-electron chi connectivity index (χ4n) is 13.2. The van der Waals surface area contributed by atoms with Gasteiger partial charge in [-0.05, 0) is 134 Å². The summed E-state index contributed by atoms with van der Waals surface area (Å²) in [6.07, 6.45) is 0. The van der Waals surface area contributed by atoms with Crippen LogP contribution in [0, 0.1) is 6.92 Å². The largest absolute Gasteiger partial charge is 0.507 e. The first-order chi connectivity index (χ1) is 63.9. The number of nitrogens with two attached hydrogens (primary N) is 1. The van der Waals surface area contributed by atoms with Crippen LogP contribution in [0.3, 0.4) is 0 Å². The number of aromatic nitrogens is 12. The zero-order valence-corrected chi connectivity index (χ0v) is 72.9. The molecule has 0 aliphatic carbocycles. The average molecular weight is 1770 g/mol. The van der Waals surface area contributed by atoms with Crippen molar-refractivity contribution in [3.8, 4) is 188 Å². The van der Waals surface area contributed by atoms with Crippen molar-refractivity contribution in [3.63, 3.8) is 0 Å². The van der Waals surface area contributed by atoms with Crippen LogP contribution < -0.4 is 34.7 Å². The number of nitrogen functional groups attached to an aromatic ring is 1. The van der Waals surface area contributed by atoms with Gasteiger partial charge in [0.1, 0.15) is 57.3 Å². The molecular formula is C100H84N14O18. The molecule has 132 heavy (non-hydrogen) atoms. The minimum atomic E-state index is -0.511. The Kier molecular flexibility index (Phi) is 29.4. The average Bonchev–Trinajstić information content (AvgIpc) is 0.801. The second-order valence-electron chi connectivity index (χ2n) is 28.4. The number of phenols is 4. The smallest absolute Gasteiger partial charge is 0.341 e. The number of hydrogen-bond donors (Lipinski definition) is 6. The predicted octanol–water partition coefficient (Wildman–Crippen LogP) is 17.4. The number of amides is 1. The van der Waals surface area contributed by atoms with E-state index in [-0.39, 0.29) is 51.9 Å². The number of hydrogen-bond acceptors (Lipinski definition) is 31. The summed E-state index contributed by atoms with van der Waals surface area (Å²) < 4.78 is 45.2. The summed E-state index contributed by atoms with van der Waals surface area (Å²) in [4.78, 5) is 114. The summed E-state index contributed by atoms with van der Waals surface area (Å²) in [5, 5.41) is 45.0. The van der Waals surface area contributed by atoms with Crippen molar-refractivity contribution in [1.29, 1.82) is 0 Å². The van der Waals surface area contributed by atoms with Crippen LogP contribution in [-0.2, 0) is 23.7 Å². The Labute approximate surface area is 756 Å². The molecule has 0 unspecified atom stereocenters. The molecular weight excluding hydrogens is 1690 g/mol. The molecule has 0 aliphatic heterocycles. The lowest BCUT2D eigenvalue weighted by Gasteiger charge is -2.12. The topological polar surface area (TPSA) is 442 Å². The van der Waals surface area contributed by atoms with Gasteiger partial charge < -0.3 is 74.1 Å². The number of phenolic OH excluding ortho intramolecular Hbond substituents is 4. The number of nitrogens with zero attached hydrogens (tertiary/aromatic N) is 12. The Morgan fingerprint density at radius 3 is 0.902 bits per heavy atom. The first kappa shape index (κ1) is 91.7. The number of methoxy groups -OCH3 is 9. The van der Waals surface area contributed by atoms with E-state index in [2.05, 4.69) is 65.1 Å². The van der Waals surface area contributed by atoms with E-state index in [1.165, 1.54) is 95.2 Å². The summed E-state index contributed by atoms with van der Waals surface area (Å²) in [6, 6.07) is 76.4. The zero-order chi connectivity index (χ0) is 93.6. The molecule has 0 saturated carbocycles. The normalized spacial score (nSPS) is 10.5. The third-order valence-corrected chi connectivity index (χ3v) is 20.0. The third kappa shape index (κ3) is 21.7. The van der Waals surface area contributed by atoms with Crippen LogP contribution in [0.2, 0.25) is 0 Å². The number of ether oxygens (including phenoxy) is 9. The van der Waals surface area contributed by atoms with Crippen molar-refractivity contribution in [2.24, 2.45) is 0 Å². The number of rotatable bonds is 22. The molecule has 16 rings (SSSR count). The highest BCUT2D eigenvalue weighted by atomic mass is 16.5. The Bertz CT molecular complexity index is 6940. The van der Waals surface area contributed by atoms with E-state index in [1.807, 2.05) is 91.9 Å². The fraction of sp³-hybridized carbons (Fsp3) is 0.110. The van der Waals surface area contributed by atoms with Gasteiger partial charge in [0.15, 0.2) is 69.9 Å². The summed E-state index contributed by atoms with van der Waals surface area (Å²) >= 11 is 0. The van der Waals surface area contributed by atoms with E-state index in [0.29, 0.717) is 165 Å². The molecule has 662 valence electrons. The molecule has 0 bridgehead atoms. The van der Waals surface area contributed by atoms with Gasteiger partial charge in [0, 0.05) is 81.4 Å². The molecule has 0 radical (unpaired) electrons. The van der Waals surface area contributed by atoms with Crippen molar-refractivity contribution in [3.05, 3.63) is 295 Å². The van der Waals surface area contributed by atoms with Gasteiger partial charge in [-0.15, -0.1) is 0 Å². The fourth-order valence-corrected chi connectivity index (χ4v) is 13.2.